The van der Waals surface area contributed by atoms with Crippen LogP contribution in [0.1, 0.15) is 40.5 Å². The lowest BCUT2D eigenvalue weighted by Crippen LogP contribution is -2.46. The van der Waals surface area contributed by atoms with Gasteiger partial charge >= 0.3 is 0 Å². The van der Waals surface area contributed by atoms with Crippen LogP contribution < -0.4 is 20.1 Å². The minimum atomic E-state index is -0.200. The Labute approximate surface area is 181 Å². The molecule has 3 amide bonds. The van der Waals surface area contributed by atoms with Gasteiger partial charge in [0, 0.05) is 48.9 Å². The first kappa shape index (κ1) is 22.1. The first-order chi connectivity index (χ1) is 14.9. The Morgan fingerprint density at radius 1 is 0.935 bits per heavy atom. The lowest BCUT2D eigenvalue weighted by Gasteiger charge is -2.32. The number of carbonyl (C=O) groups excluding carboxylic acids is 3. The normalized spacial score (nSPS) is 14.0. The Morgan fingerprint density at radius 3 is 2.16 bits per heavy atom. The summed E-state index contributed by atoms with van der Waals surface area (Å²) >= 11 is 0. The number of methoxy groups -OCH3 is 2. The number of hydrogen-bond acceptors (Lipinski definition) is 5. The molecular formula is C23H27N3O5. The number of likely N-dealkylation sites (tertiary alicyclic amines) is 1. The summed E-state index contributed by atoms with van der Waals surface area (Å²) in [6, 6.07) is 11.9. The van der Waals surface area contributed by atoms with Crippen LogP contribution in [0.3, 0.4) is 0 Å². The minimum Gasteiger partial charge on any atom is -0.497 e. The molecule has 2 aromatic carbocycles. The molecule has 0 aliphatic carbocycles. The van der Waals surface area contributed by atoms with Gasteiger partial charge in [-0.3, -0.25) is 14.4 Å². The van der Waals surface area contributed by atoms with E-state index < -0.39 is 0 Å². The number of rotatable bonds is 6. The van der Waals surface area contributed by atoms with Crippen LogP contribution in [-0.2, 0) is 4.79 Å². The van der Waals surface area contributed by atoms with E-state index in [9.17, 15) is 14.4 Å². The van der Waals surface area contributed by atoms with E-state index in [4.69, 9.17) is 9.47 Å². The van der Waals surface area contributed by atoms with Crippen LogP contribution in [0.5, 0.6) is 11.5 Å². The molecule has 2 N–H and O–H groups in total. The zero-order chi connectivity index (χ0) is 22.4. The second-order valence-electron chi connectivity index (χ2n) is 7.40. The zero-order valence-electron chi connectivity index (χ0n) is 17.9. The van der Waals surface area contributed by atoms with E-state index in [1.54, 1.807) is 61.6 Å². The third kappa shape index (κ3) is 5.75. The van der Waals surface area contributed by atoms with Crippen molar-refractivity contribution in [3.63, 3.8) is 0 Å². The average Bonchev–Trinajstić information content (AvgIpc) is 2.78. The van der Waals surface area contributed by atoms with Crippen molar-refractivity contribution in [2.75, 3.05) is 32.6 Å². The molecule has 0 unspecified atom stereocenters. The predicted molar refractivity (Wildman–Crippen MR) is 117 cm³/mol. The van der Waals surface area contributed by atoms with Gasteiger partial charge in [-0.15, -0.1) is 0 Å². The monoisotopic (exact) mass is 425 g/mol. The highest BCUT2D eigenvalue weighted by Gasteiger charge is 2.25. The van der Waals surface area contributed by atoms with E-state index in [0.29, 0.717) is 54.2 Å². The van der Waals surface area contributed by atoms with Crippen LogP contribution in [0.25, 0.3) is 0 Å². The van der Waals surface area contributed by atoms with Crippen LogP contribution in [0, 0.1) is 0 Å². The average molecular weight is 425 g/mol. The van der Waals surface area contributed by atoms with Crippen LogP contribution in [0.2, 0.25) is 0 Å². The van der Waals surface area contributed by atoms with E-state index >= 15 is 0 Å². The Balaban J connectivity index is 1.58. The second kappa shape index (κ2) is 9.97. The fourth-order valence-corrected chi connectivity index (χ4v) is 3.55. The first-order valence-corrected chi connectivity index (χ1v) is 10.1. The maximum atomic E-state index is 12.9. The number of anilines is 1. The Bertz CT molecular complexity index is 945. The number of benzene rings is 2. The fraction of sp³-hybridized carbons (Fsp3) is 0.348. The molecule has 0 radical (unpaired) electrons. The molecule has 0 spiro atoms. The number of hydrogen-bond donors (Lipinski definition) is 2. The van der Waals surface area contributed by atoms with E-state index in [2.05, 4.69) is 10.6 Å². The van der Waals surface area contributed by atoms with Crippen LogP contribution in [-0.4, -0.2) is 56.0 Å². The molecular weight excluding hydrogens is 398 g/mol. The molecule has 1 heterocycles. The van der Waals surface area contributed by atoms with Crippen LogP contribution in [0.15, 0.2) is 42.5 Å². The third-order valence-electron chi connectivity index (χ3n) is 5.16. The van der Waals surface area contributed by atoms with Crippen molar-refractivity contribution < 1.29 is 23.9 Å². The maximum absolute atomic E-state index is 12.9. The Hall–Kier alpha value is -3.55. The smallest absolute Gasteiger partial charge is 0.254 e. The summed E-state index contributed by atoms with van der Waals surface area (Å²) in [5, 5.41) is 5.69. The molecule has 0 saturated carbocycles. The molecule has 0 bridgehead atoms. The van der Waals surface area contributed by atoms with E-state index in [-0.39, 0.29) is 23.8 Å². The summed E-state index contributed by atoms with van der Waals surface area (Å²) in [6.45, 7) is 2.49. The maximum Gasteiger partial charge on any atom is 0.254 e. The topological polar surface area (TPSA) is 97.0 Å². The van der Waals surface area contributed by atoms with Gasteiger partial charge in [0.25, 0.3) is 11.8 Å². The second-order valence-corrected chi connectivity index (χ2v) is 7.40. The largest absolute Gasteiger partial charge is 0.497 e. The highest BCUT2D eigenvalue weighted by Crippen LogP contribution is 2.24. The lowest BCUT2D eigenvalue weighted by atomic mass is 10.0. The quantitative estimate of drug-likeness (QED) is 0.742. The SMILES string of the molecule is COc1cc(OC)cc(C(=O)N2CCC(NC(=O)c3cccc(NC(C)=O)c3)CC2)c1. The van der Waals surface area contributed by atoms with Gasteiger partial charge in [-0.25, -0.2) is 0 Å². The molecule has 0 atom stereocenters. The molecule has 1 aliphatic heterocycles. The van der Waals surface area contributed by atoms with Gasteiger partial charge in [0.15, 0.2) is 0 Å². The van der Waals surface area contributed by atoms with Gasteiger partial charge in [0.2, 0.25) is 5.91 Å². The van der Waals surface area contributed by atoms with Crippen LogP contribution in [0.4, 0.5) is 5.69 Å². The van der Waals surface area contributed by atoms with Gasteiger partial charge in [0.1, 0.15) is 11.5 Å². The van der Waals surface area contributed by atoms with Gasteiger partial charge in [-0.05, 0) is 43.2 Å². The molecule has 8 heteroatoms. The molecule has 164 valence electrons. The van der Waals surface area contributed by atoms with E-state index in [1.807, 2.05) is 0 Å². The minimum absolute atomic E-state index is 0.0270. The Morgan fingerprint density at radius 2 is 1.58 bits per heavy atom. The highest BCUT2D eigenvalue weighted by atomic mass is 16.5. The lowest BCUT2D eigenvalue weighted by molar-refractivity contribution is -0.114. The molecule has 31 heavy (non-hydrogen) atoms. The summed E-state index contributed by atoms with van der Waals surface area (Å²) in [5.74, 6) is 0.639. The van der Waals surface area contributed by atoms with Gasteiger partial charge in [-0.2, -0.15) is 0 Å². The summed E-state index contributed by atoms with van der Waals surface area (Å²) in [7, 11) is 3.09. The molecule has 1 aliphatic rings. The number of amides is 3. The summed E-state index contributed by atoms with van der Waals surface area (Å²) in [4.78, 5) is 38.5. The van der Waals surface area contributed by atoms with Crippen molar-refractivity contribution in [1.29, 1.82) is 0 Å². The van der Waals surface area contributed by atoms with Crippen molar-refractivity contribution in [2.45, 2.75) is 25.8 Å². The number of carbonyl (C=O) groups is 3. The van der Waals surface area contributed by atoms with Crippen molar-refractivity contribution >= 4 is 23.4 Å². The van der Waals surface area contributed by atoms with E-state index in [0.717, 1.165) is 0 Å². The standard InChI is InChI=1S/C23H27N3O5/c1-15(27)24-19-6-4-5-16(11-19)22(28)25-18-7-9-26(10-8-18)23(29)17-12-20(30-2)14-21(13-17)31-3/h4-6,11-14,18H,7-10H2,1-3H3,(H,24,27)(H,25,28). The number of nitrogens with one attached hydrogen (secondary N) is 2. The van der Waals surface area contributed by atoms with Crippen LogP contribution >= 0.6 is 0 Å². The fourth-order valence-electron chi connectivity index (χ4n) is 3.55. The Kier molecular flexibility index (Phi) is 7.12. The van der Waals surface area contributed by atoms with Gasteiger partial charge in [-0.1, -0.05) is 6.07 Å². The van der Waals surface area contributed by atoms with Crippen molar-refractivity contribution in [3.8, 4) is 11.5 Å². The van der Waals surface area contributed by atoms with Crippen molar-refractivity contribution in [2.24, 2.45) is 0 Å². The molecule has 8 nitrogen and oxygen atoms in total. The number of piperidine rings is 1. The molecule has 3 rings (SSSR count). The van der Waals surface area contributed by atoms with Crippen molar-refractivity contribution in [1.82, 2.24) is 10.2 Å². The summed E-state index contributed by atoms with van der Waals surface area (Å²) < 4.78 is 10.5. The third-order valence-corrected chi connectivity index (χ3v) is 5.16. The van der Waals surface area contributed by atoms with E-state index in [1.165, 1.54) is 6.92 Å². The molecule has 1 fully saturated rings. The molecule has 1 saturated heterocycles. The van der Waals surface area contributed by atoms with Crippen molar-refractivity contribution in [3.05, 3.63) is 53.6 Å². The number of nitrogens with zero attached hydrogens (tertiary/aromatic N) is 1. The molecule has 2 aromatic rings. The first-order valence-electron chi connectivity index (χ1n) is 10.1. The number of ether oxygens (including phenoxy) is 2. The predicted octanol–water partition coefficient (Wildman–Crippen LogP) is 2.70. The summed E-state index contributed by atoms with van der Waals surface area (Å²) in [5.41, 5.74) is 1.57. The zero-order valence-corrected chi connectivity index (χ0v) is 17.9. The molecule has 0 aromatic heterocycles. The van der Waals surface area contributed by atoms with Gasteiger partial charge in [0.05, 0.1) is 14.2 Å². The summed E-state index contributed by atoms with van der Waals surface area (Å²) in [6.07, 6.45) is 1.31. The van der Waals surface area contributed by atoms with Gasteiger partial charge < -0.3 is 25.0 Å². The highest BCUT2D eigenvalue weighted by molar-refractivity contribution is 5.97.